The number of hydrogen-bond acceptors (Lipinski definition) is 4. The molecule has 0 spiro atoms. The summed E-state index contributed by atoms with van der Waals surface area (Å²) in [7, 11) is 0. The van der Waals surface area contributed by atoms with Gasteiger partial charge in [0, 0.05) is 6.54 Å². The van der Waals surface area contributed by atoms with Crippen molar-refractivity contribution in [1.29, 1.82) is 0 Å². The number of hydrogen-bond donors (Lipinski definition) is 3. The van der Waals surface area contributed by atoms with Crippen LogP contribution in [0.25, 0.3) is 0 Å². The van der Waals surface area contributed by atoms with Crippen LogP contribution in [0.5, 0.6) is 0 Å². The first-order valence-corrected chi connectivity index (χ1v) is 7.24. The van der Waals surface area contributed by atoms with Crippen molar-refractivity contribution in [3.8, 4) is 0 Å². The number of allylic oxidation sites excluding steroid dienone is 2. The summed E-state index contributed by atoms with van der Waals surface area (Å²) < 4.78 is 5.46. The highest BCUT2D eigenvalue weighted by atomic mass is 16.5. The largest absolute Gasteiger partial charge is 0.461 e. The predicted molar refractivity (Wildman–Crippen MR) is 76.9 cm³/mol. The Bertz CT molecular complexity index is 345. The van der Waals surface area contributed by atoms with E-state index < -0.39 is 12.1 Å². The summed E-state index contributed by atoms with van der Waals surface area (Å²) in [6.07, 6.45) is 10.1. The lowest BCUT2D eigenvalue weighted by Gasteiger charge is -2.20. The molecule has 2 atom stereocenters. The van der Waals surface area contributed by atoms with Gasteiger partial charge in [0.15, 0.2) is 0 Å². The van der Waals surface area contributed by atoms with E-state index in [-0.39, 0.29) is 12.1 Å². The van der Waals surface area contributed by atoms with E-state index in [1.54, 1.807) is 0 Å². The monoisotopic (exact) mass is 283 g/mol. The first kappa shape index (κ1) is 16.5. The van der Waals surface area contributed by atoms with Gasteiger partial charge in [-0.2, -0.15) is 0 Å². The van der Waals surface area contributed by atoms with Gasteiger partial charge in [-0.25, -0.2) is 4.79 Å². The molecule has 0 saturated heterocycles. The third kappa shape index (κ3) is 7.13. The average Bonchev–Trinajstić information content (AvgIpc) is 2.37. The van der Waals surface area contributed by atoms with Crippen molar-refractivity contribution in [2.75, 3.05) is 6.54 Å². The summed E-state index contributed by atoms with van der Waals surface area (Å²) in [5.74, 6) is -0.348. The Balaban J connectivity index is 2.22. The minimum Gasteiger partial charge on any atom is -0.461 e. The number of esters is 1. The second-order valence-electron chi connectivity index (χ2n) is 5.08. The van der Waals surface area contributed by atoms with Crippen molar-refractivity contribution in [2.24, 2.45) is 11.5 Å². The highest BCUT2D eigenvalue weighted by Crippen LogP contribution is 2.16. The molecular weight excluding hydrogens is 258 g/mol. The third-order valence-electron chi connectivity index (χ3n) is 3.30. The van der Waals surface area contributed by atoms with Gasteiger partial charge in [-0.1, -0.05) is 12.2 Å². The van der Waals surface area contributed by atoms with Crippen LogP contribution in [0.1, 0.15) is 44.9 Å². The van der Waals surface area contributed by atoms with Gasteiger partial charge in [0.05, 0.1) is 0 Å². The Morgan fingerprint density at radius 3 is 2.80 bits per heavy atom. The lowest BCUT2D eigenvalue weighted by Crippen LogP contribution is -2.36. The fourth-order valence-corrected chi connectivity index (χ4v) is 2.15. The standard InChI is InChI=1S/C14H25N3O3/c15-12(9-6-10-17-14(16)19)13(18)20-11-7-4-2-1-3-5-8-11/h1-2,11-12H,3-10,15H2,(H3,16,17,19)/b2-1-/t11?,12-/m0/s1. The van der Waals surface area contributed by atoms with E-state index in [0.717, 1.165) is 32.1 Å². The maximum atomic E-state index is 11.9. The maximum Gasteiger partial charge on any atom is 0.323 e. The molecule has 0 bridgehead atoms. The minimum atomic E-state index is -0.634. The molecule has 0 radical (unpaired) electrons. The van der Waals surface area contributed by atoms with Crippen molar-refractivity contribution in [3.63, 3.8) is 0 Å². The molecule has 0 aromatic rings. The summed E-state index contributed by atoms with van der Waals surface area (Å²) in [5.41, 5.74) is 10.7. The first-order chi connectivity index (χ1) is 9.59. The zero-order chi connectivity index (χ0) is 14.8. The molecule has 0 aliphatic heterocycles. The Morgan fingerprint density at radius 2 is 2.05 bits per heavy atom. The van der Waals surface area contributed by atoms with Gasteiger partial charge in [0.1, 0.15) is 12.1 Å². The van der Waals surface area contributed by atoms with Crippen LogP contribution in [0.2, 0.25) is 0 Å². The van der Waals surface area contributed by atoms with Gasteiger partial charge in [-0.3, -0.25) is 4.79 Å². The Hall–Kier alpha value is -1.56. The topological polar surface area (TPSA) is 107 Å². The van der Waals surface area contributed by atoms with Crippen LogP contribution in [-0.4, -0.2) is 30.7 Å². The molecule has 0 aromatic heterocycles. The third-order valence-corrected chi connectivity index (χ3v) is 3.30. The van der Waals surface area contributed by atoms with E-state index in [2.05, 4.69) is 17.5 Å². The van der Waals surface area contributed by atoms with Crippen LogP contribution in [0.4, 0.5) is 4.79 Å². The summed E-state index contributed by atoms with van der Waals surface area (Å²) in [6.45, 7) is 0.421. The van der Waals surface area contributed by atoms with Gasteiger partial charge in [-0.05, 0) is 44.9 Å². The SMILES string of the molecule is NC(=O)NCCC[C@H](N)C(=O)OC1CC/C=C\CCC1. The first-order valence-electron chi connectivity index (χ1n) is 7.24. The predicted octanol–water partition coefficient (Wildman–Crippen LogP) is 1.19. The van der Waals surface area contributed by atoms with Crippen LogP contribution in [0.3, 0.4) is 0 Å². The molecule has 2 amide bonds. The van der Waals surface area contributed by atoms with Gasteiger partial charge in [0.25, 0.3) is 0 Å². The lowest BCUT2D eigenvalue weighted by atomic mass is 10.0. The smallest absolute Gasteiger partial charge is 0.323 e. The highest BCUT2D eigenvalue weighted by molar-refractivity contribution is 5.75. The number of carbonyl (C=O) groups is 2. The van der Waals surface area contributed by atoms with Crippen molar-refractivity contribution < 1.29 is 14.3 Å². The van der Waals surface area contributed by atoms with Gasteiger partial charge < -0.3 is 21.5 Å². The fraction of sp³-hybridized carbons (Fsp3) is 0.714. The minimum absolute atomic E-state index is 0.0257. The number of nitrogens with two attached hydrogens (primary N) is 2. The Labute approximate surface area is 119 Å². The molecule has 114 valence electrons. The molecule has 1 rings (SSSR count). The second-order valence-corrected chi connectivity index (χ2v) is 5.08. The molecular formula is C14H25N3O3. The summed E-state index contributed by atoms with van der Waals surface area (Å²) in [4.78, 5) is 22.3. The molecule has 0 fully saturated rings. The molecule has 1 aliphatic carbocycles. The molecule has 0 aromatic carbocycles. The number of amides is 2. The fourth-order valence-electron chi connectivity index (χ4n) is 2.15. The van der Waals surface area contributed by atoms with Crippen LogP contribution < -0.4 is 16.8 Å². The van der Waals surface area contributed by atoms with E-state index in [9.17, 15) is 9.59 Å². The normalized spacial score (nSPS) is 22.1. The quantitative estimate of drug-likeness (QED) is 0.386. The van der Waals surface area contributed by atoms with Crippen LogP contribution in [0, 0.1) is 0 Å². The molecule has 6 nitrogen and oxygen atoms in total. The van der Waals surface area contributed by atoms with Crippen molar-refractivity contribution in [1.82, 2.24) is 5.32 Å². The molecule has 20 heavy (non-hydrogen) atoms. The average molecular weight is 283 g/mol. The number of carbonyl (C=O) groups excluding carboxylic acids is 2. The lowest BCUT2D eigenvalue weighted by molar-refractivity contribution is -0.151. The second kappa shape index (κ2) is 9.36. The number of primary amides is 1. The van der Waals surface area contributed by atoms with Gasteiger partial charge in [0.2, 0.25) is 0 Å². The van der Waals surface area contributed by atoms with E-state index >= 15 is 0 Å². The van der Waals surface area contributed by atoms with Gasteiger partial charge in [-0.15, -0.1) is 0 Å². The number of ether oxygens (including phenoxy) is 1. The van der Waals surface area contributed by atoms with Gasteiger partial charge >= 0.3 is 12.0 Å². The molecule has 5 N–H and O–H groups in total. The van der Waals surface area contributed by atoms with Crippen LogP contribution in [-0.2, 0) is 9.53 Å². The molecule has 6 heteroatoms. The van der Waals surface area contributed by atoms with Crippen molar-refractivity contribution in [2.45, 2.75) is 57.1 Å². The zero-order valence-electron chi connectivity index (χ0n) is 11.8. The van der Waals surface area contributed by atoms with Crippen molar-refractivity contribution in [3.05, 3.63) is 12.2 Å². The Kier molecular flexibility index (Phi) is 7.72. The van der Waals surface area contributed by atoms with E-state index in [0.29, 0.717) is 19.4 Å². The molecule has 0 heterocycles. The number of rotatable bonds is 6. The number of urea groups is 1. The summed E-state index contributed by atoms with van der Waals surface area (Å²) >= 11 is 0. The van der Waals surface area contributed by atoms with Crippen LogP contribution >= 0.6 is 0 Å². The molecule has 1 unspecified atom stereocenters. The van der Waals surface area contributed by atoms with Crippen molar-refractivity contribution >= 4 is 12.0 Å². The highest BCUT2D eigenvalue weighted by Gasteiger charge is 2.20. The zero-order valence-corrected chi connectivity index (χ0v) is 11.8. The molecule has 0 saturated carbocycles. The van der Waals surface area contributed by atoms with E-state index in [1.807, 2.05) is 0 Å². The summed E-state index contributed by atoms with van der Waals surface area (Å²) in [6, 6.07) is -1.20. The van der Waals surface area contributed by atoms with E-state index in [4.69, 9.17) is 16.2 Å². The maximum absolute atomic E-state index is 11.9. The van der Waals surface area contributed by atoms with E-state index in [1.165, 1.54) is 0 Å². The molecule has 1 aliphatic rings. The Morgan fingerprint density at radius 1 is 1.30 bits per heavy atom. The summed E-state index contributed by atoms with van der Waals surface area (Å²) in [5, 5.41) is 2.46. The number of nitrogens with one attached hydrogen (secondary N) is 1. The van der Waals surface area contributed by atoms with Crippen LogP contribution in [0.15, 0.2) is 12.2 Å².